The molecule has 0 spiro atoms. The Balaban J connectivity index is 2.54. The van der Waals surface area contributed by atoms with Gasteiger partial charge in [-0.2, -0.15) is 0 Å². The van der Waals surface area contributed by atoms with E-state index in [9.17, 15) is 9.36 Å². The monoisotopic (exact) mass is 199 g/mol. The van der Waals surface area contributed by atoms with Gasteiger partial charge in [0.1, 0.15) is 0 Å². The molecule has 68 valence electrons. The molecule has 0 heterocycles. The van der Waals surface area contributed by atoms with Crippen molar-refractivity contribution < 1.29 is 18.8 Å². The van der Waals surface area contributed by atoms with Crippen molar-refractivity contribution in [2.45, 2.75) is 0 Å². The van der Waals surface area contributed by atoms with Gasteiger partial charge in [-0.1, -0.05) is 30.3 Å². The van der Waals surface area contributed by atoms with Crippen LogP contribution < -0.4 is 0 Å². The van der Waals surface area contributed by atoms with Gasteiger partial charge in [0.05, 0.1) is 0 Å². The first-order valence-electron chi connectivity index (χ1n) is 3.57. The minimum atomic E-state index is -2.69. The van der Waals surface area contributed by atoms with Crippen molar-refractivity contribution >= 4 is 14.0 Å². The van der Waals surface area contributed by atoms with Gasteiger partial charge in [-0.3, -0.25) is 4.79 Å². The highest BCUT2D eigenvalue weighted by Gasteiger charge is 2.16. The zero-order valence-electron chi connectivity index (χ0n) is 6.71. The van der Waals surface area contributed by atoms with Crippen LogP contribution in [0.3, 0.4) is 0 Å². The maximum atomic E-state index is 11.2. The molecule has 0 amide bonds. The second-order valence-corrected chi connectivity index (χ2v) is 3.03. The Bertz CT molecular complexity index is 309. The zero-order chi connectivity index (χ0) is 9.68. The average Bonchev–Trinajstić information content (AvgIpc) is 2.15. The zero-order valence-corrected chi connectivity index (χ0v) is 7.61. The number of benzene rings is 1. The summed E-state index contributed by atoms with van der Waals surface area (Å²) in [5, 5.41) is 0. The summed E-state index contributed by atoms with van der Waals surface area (Å²) < 4.78 is 14.4. The SMILES string of the molecule is O=C(CO[P+](=O)O)c1ccccc1. The molecule has 4 nitrogen and oxygen atoms in total. The molecule has 0 aliphatic heterocycles. The van der Waals surface area contributed by atoms with Gasteiger partial charge in [0.25, 0.3) is 0 Å². The molecule has 0 saturated heterocycles. The number of carbonyl (C=O) groups is 1. The number of ketones is 1. The van der Waals surface area contributed by atoms with E-state index in [2.05, 4.69) is 4.52 Å². The summed E-state index contributed by atoms with van der Waals surface area (Å²) in [5.74, 6) is -0.307. The van der Waals surface area contributed by atoms with Gasteiger partial charge in [-0.25, -0.2) is 0 Å². The third-order valence-electron chi connectivity index (χ3n) is 1.40. The van der Waals surface area contributed by atoms with Crippen LogP contribution in [-0.2, 0) is 9.09 Å². The fourth-order valence-corrected chi connectivity index (χ4v) is 1.05. The first-order valence-corrected chi connectivity index (χ1v) is 4.70. The van der Waals surface area contributed by atoms with Crippen LogP contribution in [0.1, 0.15) is 10.4 Å². The lowest BCUT2D eigenvalue weighted by molar-refractivity contribution is 0.0917. The quantitative estimate of drug-likeness (QED) is 0.590. The Kier molecular flexibility index (Phi) is 3.71. The van der Waals surface area contributed by atoms with E-state index < -0.39 is 8.25 Å². The highest BCUT2D eigenvalue weighted by molar-refractivity contribution is 7.32. The minimum absolute atomic E-state index is 0.307. The molecular formula is C8H8O4P+. The first-order chi connectivity index (χ1) is 6.20. The summed E-state index contributed by atoms with van der Waals surface area (Å²) in [7, 11) is -2.69. The van der Waals surface area contributed by atoms with Crippen LogP contribution >= 0.6 is 8.25 Å². The van der Waals surface area contributed by atoms with E-state index in [-0.39, 0.29) is 12.4 Å². The van der Waals surface area contributed by atoms with E-state index in [1.165, 1.54) is 0 Å². The van der Waals surface area contributed by atoms with Crippen LogP contribution in [-0.4, -0.2) is 17.3 Å². The number of rotatable bonds is 4. The van der Waals surface area contributed by atoms with Crippen LogP contribution in [0.5, 0.6) is 0 Å². The van der Waals surface area contributed by atoms with E-state index in [4.69, 9.17) is 4.89 Å². The van der Waals surface area contributed by atoms with E-state index >= 15 is 0 Å². The molecule has 0 aliphatic rings. The topological polar surface area (TPSA) is 63.6 Å². The van der Waals surface area contributed by atoms with Gasteiger partial charge in [0.15, 0.2) is 12.4 Å². The maximum Gasteiger partial charge on any atom is 0.695 e. The first kappa shape index (κ1) is 9.99. The smallest absolute Gasteiger partial charge is 0.291 e. The molecular weight excluding hydrogens is 191 g/mol. The molecule has 1 aromatic rings. The third-order valence-corrected chi connectivity index (χ3v) is 1.75. The molecule has 0 saturated carbocycles. The molecule has 13 heavy (non-hydrogen) atoms. The highest BCUT2D eigenvalue weighted by atomic mass is 31.1. The number of hydrogen-bond acceptors (Lipinski definition) is 3. The number of Topliss-reactive ketones (excluding diaryl/α,β-unsaturated/α-hetero) is 1. The van der Waals surface area contributed by atoms with Gasteiger partial charge in [-0.05, 0) is 0 Å². The van der Waals surface area contributed by atoms with Crippen molar-refractivity contribution in [2.75, 3.05) is 6.61 Å². The molecule has 0 bridgehead atoms. The summed E-state index contributed by atoms with van der Waals surface area (Å²) in [6.45, 7) is -0.365. The van der Waals surface area contributed by atoms with Crippen molar-refractivity contribution in [3.63, 3.8) is 0 Å². The summed E-state index contributed by atoms with van der Waals surface area (Å²) in [6.07, 6.45) is 0. The van der Waals surface area contributed by atoms with Crippen molar-refractivity contribution in [1.29, 1.82) is 0 Å². The Hall–Kier alpha value is -1.09. The average molecular weight is 199 g/mol. The molecule has 0 radical (unpaired) electrons. The molecule has 1 aromatic carbocycles. The number of hydrogen-bond donors (Lipinski definition) is 1. The molecule has 1 unspecified atom stereocenters. The molecule has 0 aliphatic carbocycles. The van der Waals surface area contributed by atoms with Crippen LogP contribution in [0.2, 0.25) is 0 Å². The Morgan fingerprint density at radius 1 is 1.38 bits per heavy atom. The van der Waals surface area contributed by atoms with Crippen LogP contribution in [0.25, 0.3) is 0 Å². The summed E-state index contributed by atoms with van der Waals surface area (Å²) in [4.78, 5) is 19.5. The molecule has 1 rings (SSSR count). The van der Waals surface area contributed by atoms with Crippen LogP contribution in [0, 0.1) is 0 Å². The summed E-state index contributed by atoms with van der Waals surface area (Å²) >= 11 is 0. The second kappa shape index (κ2) is 4.82. The Morgan fingerprint density at radius 2 is 2.00 bits per heavy atom. The van der Waals surface area contributed by atoms with Gasteiger partial charge in [0, 0.05) is 10.1 Å². The largest absolute Gasteiger partial charge is 0.695 e. The predicted molar refractivity (Wildman–Crippen MR) is 46.5 cm³/mol. The molecule has 1 atom stereocenters. The van der Waals surface area contributed by atoms with Crippen molar-refractivity contribution in [3.8, 4) is 0 Å². The van der Waals surface area contributed by atoms with E-state index in [0.29, 0.717) is 5.56 Å². The predicted octanol–water partition coefficient (Wildman–Crippen LogP) is 1.54. The highest BCUT2D eigenvalue weighted by Crippen LogP contribution is 2.14. The molecule has 0 aromatic heterocycles. The van der Waals surface area contributed by atoms with Gasteiger partial charge >= 0.3 is 8.25 Å². The standard InChI is InChI=1S/C8H7O4P/c9-8(6-12-13(10)11)7-4-2-1-3-5-7/h1-5H,6H2/p+1. The molecule has 0 fully saturated rings. The van der Waals surface area contributed by atoms with Gasteiger partial charge < -0.3 is 0 Å². The van der Waals surface area contributed by atoms with E-state index in [0.717, 1.165) is 0 Å². The van der Waals surface area contributed by atoms with Crippen LogP contribution in [0.4, 0.5) is 0 Å². The molecule has 1 N–H and O–H groups in total. The Labute approximate surface area is 76.1 Å². The molecule has 5 heteroatoms. The van der Waals surface area contributed by atoms with Crippen LogP contribution in [0.15, 0.2) is 30.3 Å². The summed E-state index contributed by atoms with van der Waals surface area (Å²) in [5.41, 5.74) is 0.472. The maximum absolute atomic E-state index is 11.2. The fourth-order valence-electron chi connectivity index (χ4n) is 0.821. The van der Waals surface area contributed by atoms with E-state index in [1.807, 2.05) is 0 Å². The summed E-state index contributed by atoms with van der Waals surface area (Å²) in [6, 6.07) is 8.45. The lowest BCUT2D eigenvalue weighted by Crippen LogP contribution is -2.05. The second-order valence-electron chi connectivity index (χ2n) is 2.30. The van der Waals surface area contributed by atoms with Gasteiger partial charge in [-0.15, -0.1) is 9.42 Å². The lowest BCUT2D eigenvalue weighted by atomic mass is 10.1. The van der Waals surface area contributed by atoms with E-state index in [1.54, 1.807) is 30.3 Å². The van der Waals surface area contributed by atoms with Crippen molar-refractivity contribution in [3.05, 3.63) is 35.9 Å². The normalized spacial score (nSPS) is 11.0. The van der Waals surface area contributed by atoms with Gasteiger partial charge in [0.2, 0.25) is 0 Å². The Morgan fingerprint density at radius 3 is 2.54 bits per heavy atom. The third kappa shape index (κ3) is 3.42. The minimum Gasteiger partial charge on any atom is -0.291 e. The number of carbonyl (C=O) groups excluding carboxylic acids is 1. The van der Waals surface area contributed by atoms with Crippen molar-refractivity contribution in [1.82, 2.24) is 0 Å². The van der Waals surface area contributed by atoms with Crippen molar-refractivity contribution in [2.24, 2.45) is 0 Å². The lowest BCUT2D eigenvalue weighted by Gasteiger charge is -1.93. The fraction of sp³-hybridized carbons (Fsp3) is 0.125.